The van der Waals surface area contributed by atoms with Crippen LogP contribution in [0.2, 0.25) is 0 Å². The lowest BCUT2D eigenvalue weighted by molar-refractivity contribution is -0.116. The maximum Gasteiger partial charge on any atom is 0.244 e. The Balaban J connectivity index is 1.39. The van der Waals surface area contributed by atoms with Gasteiger partial charge in [0.15, 0.2) is 11.5 Å². The number of aryl methyl sites for hydroxylation is 1. The third-order valence-electron chi connectivity index (χ3n) is 5.48. The van der Waals surface area contributed by atoms with E-state index < -0.39 is 0 Å². The quantitative estimate of drug-likeness (QED) is 0.176. The lowest BCUT2D eigenvalue weighted by Gasteiger charge is -2.08. The highest BCUT2D eigenvalue weighted by Gasteiger charge is 2.13. The molecule has 34 heavy (non-hydrogen) atoms. The highest BCUT2D eigenvalue weighted by molar-refractivity contribution is 7.99. The van der Waals surface area contributed by atoms with Gasteiger partial charge in [-0.2, -0.15) is 0 Å². The molecule has 1 aromatic heterocycles. The molecule has 0 fully saturated rings. The van der Waals surface area contributed by atoms with Crippen molar-refractivity contribution in [1.29, 1.82) is 0 Å². The molecule has 0 unspecified atom stereocenters. The largest absolute Gasteiger partial charge is 0.493 e. The lowest BCUT2D eigenvalue weighted by Crippen LogP contribution is -2.23. The van der Waals surface area contributed by atoms with Crippen molar-refractivity contribution < 1.29 is 14.3 Å². The number of hydrogen-bond donors (Lipinski definition) is 2. The second-order valence-electron chi connectivity index (χ2n) is 7.83. The lowest BCUT2D eigenvalue weighted by atomic mass is 10.1. The van der Waals surface area contributed by atoms with Crippen LogP contribution < -0.4 is 14.8 Å². The summed E-state index contributed by atoms with van der Waals surface area (Å²) >= 11 is 1.75. The fraction of sp³-hybridized carbons (Fsp3) is 0.179. The predicted octanol–water partition coefficient (Wildman–Crippen LogP) is 6.08. The number of H-pyrrole nitrogens is 1. The van der Waals surface area contributed by atoms with Crippen molar-refractivity contribution in [2.45, 2.75) is 11.8 Å². The van der Waals surface area contributed by atoms with Crippen LogP contribution in [0.3, 0.4) is 0 Å². The van der Waals surface area contributed by atoms with Crippen LogP contribution in [-0.2, 0) is 4.79 Å². The van der Waals surface area contributed by atoms with Gasteiger partial charge in [-0.05, 0) is 42.3 Å². The second kappa shape index (κ2) is 11.0. The van der Waals surface area contributed by atoms with Crippen molar-refractivity contribution in [2.24, 2.45) is 0 Å². The Morgan fingerprint density at radius 2 is 1.76 bits per heavy atom. The first kappa shape index (κ1) is 23.5. The predicted molar refractivity (Wildman–Crippen MR) is 141 cm³/mol. The summed E-state index contributed by atoms with van der Waals surface area (Å²) in [5.74, 6) is 1.91. The van der Waals surface area contributed by atoms with E-state index in [9.17, 15) is 4.79 Å². The average molecular weight is 473 g/mol. The number of amides is 1. The molecule has 0 saturated heterocycles. The van der Waals surface area contributed by atoms with Gasteiger partial charge in [0.05, 0.1) is 19.9 Å². The number of ether oxygens (including phenoxy) is 2. The number of rotatable bonds is 9. The van der Waals surface area contributed by atoms with Gasteiger partial charge in [-0.15, -0.1) is 11.8 Å². The number of para-hydroxylation sites is 1. The molecule has 0 spiro atoms. The van der Waals surface area contributed by atoms with Crippen LogP contribution in [-0.4, -0.2) is 37.4 Å². The Morgan fingerprint density at radius 1 is 1.00 bits per heavy atom. The summed E-state index contributed by atoms with van der Waals surface area (Å²) in [6.45, 7) is 2.65. The highest BCUT2D eigenvalue weighted by atomic mass is 32.2. The zero-order chi connectivity index (χ0) is 23.9. The van der Waals surface area contributed by atoms with E-state index in [-0.39, 0.29) is 5.91 Å². The highest BCUT2D eigenvalue weighted by Crippen LogP contribution is 2.37. The van der Waals surface area contributed by atoms with Crippen molar-refractivity contribution in [2.75, 3.05) is 26.5 Å². The summed E-state index contributed by atoms with van der Waals surface area (Å²) in [4.78, 5) is 17.1. The van der Waals surface area contributed by atoms with E-state index in [2.05, 4.69) is 59.7 Å². The first-order chi connectivity index (χ1) is 16.6. The third-order valence-corrected chi connectivity index (χ3v) is 6.60. The van der Waals surface area contributed by atoms with Crippen molar-refractivity contribution in [3.05, 3.63) is 83.9 Å². The molecule has 3 aromatic carbocycles. The minimum Gasteiger partial charge on any atom is -0.493 e. The maximum absolute atomic E-state index is 12.3. The molecule has 0 saturated carbocycles. The van der Waals surface area contributed by atoms with Crippen LogP contribution >= 0.6 is 11.8 Å². The van der Waals surface area contributed by atoms with Crippen LogP contribution in [0.4, 0.5) is 0 Å². The summed E-state index contributed by atoms with van der Waals surface area (Å²) in [6.07, 6.45) is 3.30. The monoisotopic (exact) mass is 472 g/mol. The molecule has 0 atom stereocenters. The number of benzene rings is 3. The summed E-state index contributed by atoms with van der Waals surface area (Å²) in [6, 6.07) is 22.4. The molecule has 4 aromatic rings. The van der Waals surface area contributed by atoms with Crippen molar-refractivity contribution in [1.82, 2.24) is 10.3 Å². The number of carbonyl (C=O) groups excluding carboxylic acids is 1. The minimum atomic E-state index is -0.131. The van der Waals surface area contributed by atoms with Crippen LogP contribution in [0, 0.1) is 6.92 Å². The van der Waals surface area contributed by atoms with Gasteiger partial charge in [0.2, 0.25) is 5.91 Å². The normalized spacial score (nSPS) is 11.1. The zero-order valence-electron chi connectivity index (χ0n) is 19.6. The number of aromatic nitrogens is 1. The first-order valence-corrected chi connectivity index (χ1v) is 12.1. The summed E-state index contributed by atoms with van der Waals surface area (Å²) in [7, 11) is 3.19. The molecule has 0 aliphatic heterocycles. The molecular formula is C28H28N2O3S. The molecule has 0 aliphatic carbocycles. The van der Waals surface area contributed by atoms with Gasteiger partial charge in [-0.3, -0.25) is 4.79 Å². The molecule has 174 valence electrons. The molecule has 0 bridgehead atoms. The van der Waals surface area contributed by atoms with Crippen LogP contribution in [0.25, 0.3) is 28.2 Å². The molecule has 1 heterocycles. The average Bonchev–Trinajstić information content (AvgIpc) is 3.24. The Kier molecular flexibility index (Phi) is 7.60. The number of methoxy groups -OCH3 is 2. The first-order valence-electron chi connectivity index (χ1n) is 11.1. The zero-order valence-corrected chi connectivity index (χ0v) is 20.4. The number of hydrogen-bond acceptors (Lipinski definition) is 4. The minimum absolute atomic E-state index is 0.131. The summed E-state index contributed by atoms with van der Waals surface area (Å²) < 4.78 is 10.6. The van der Waals surface area contributed by atoms with E-state index in [0.29, 0.717) is 18.0 Å². The molecule has 0 aliphatic rings. The summed E-state index contributed by atoms with van der Waals surface area (Å²) in [5, 5.41) is 4.17. The molecule has 6 heteroatoms. The van der Waals surface area contributed by atoms with E-state index in [0.717, 1.165) is 28.1 Å². The molecular weight excluding hydrogens is 444 g/mol. The molecule has 4 rings (SSSR count). The smallest absolute Gasteiger partial charge is 0.244 e. The van der Waals surface area contributed by atoms with Crippen LogP contribution in [0.5, 0.6) is 11.5 Å². The maximum atomic E-state index is 12.3. The standard InChI is InChI=1S/C28H28N2O3S/c1-19-8-12-21(13-9-19)27-28(22-6-4-5-7-23(22)30-27)34-17-16-29-26(31)15-11-20-10-14-24(32-2)25(18-20)33-3/h4-15,18,30H,16-17H2,1-3H3,(H,29,31). The Labute approximate surface area is 204 Å². The number of carbonyl (C=O) groups is 1. The Morgan fingerprint density at radius 3 is 2.53 bits per heavy atom. The van der Waals surface area contributed by atoms with Crippen molar-refractivity contribution >= 4 is 34.6 Å². The van der Waals surface area contributed by atoms with Gasteiger partial charge >= 0.3 is 0 Å². The molecule has 2 N–H and O–H groups in total. The fourth-order valence-corrected chi connectivity index (χ4v) is 4.76. The van der Waals surface area contributed by atoms with Gasteiger partial charge < -0.3 is 19.8 Å². The number of aromatic amines is 1. The number of thioether (sulfide) groups is 1. The van der Waals surface area contributed by atoms with Crippen LogP contribution in [0.1, 0.15) is 11.1 Å². The number of fused-ring (bicyclic) bond motifs is 1. The van der Waals surface area contributed by atoms with E-state index in [1.165, 1.54) is 21.9 Å². The molecule has 1 amide bonds. The topological polar surface area (TPSA) is 63.3 Å². The van der Waals surface area contributed by atoms with Crippen LogP contribution in [0.15, 0.2) is 77.7 Å². The van der Waals surface area contributed by atoms with E-state index in [4.69, 9.17) is 9.47 Å². The molecule has 0 radical (unpaired) electrons. The number of nitrogens with one attached hydrogen (secondary N) is 2. The molecule has 5 nitrogen and oxygen atoms in total. The van der Waals surface area contributed by atoms with E-state index >= 15 is 0 Å². The summed E-state index contributed by atoms with van der Waals surface area (Å²) in [5.41, 5.74) is 5.49. The SMILES string of the molecule is COc1ccc(C=CC(=O)NCCSc2c(-c3ccc(C)cc3)[nH]c3ccccc23)cc1OC. The Bertz CT molecular complexity index is 1310. The van der Waals surface area contributed by atoms with E-state index in [1.54, 1.807) is 32.1 Å². The fourth-order valence-electron chi connectivity index (χ4n) is 3.70. The van der Waals surface area contributed by atoms with Crippen molar-refractivity contribution in [3.63, 3.8) is 0 Å². The van der Waals surface area contributed by atoms with Gasteiger partial charge in [0.25, 0.3) is 0 Å². The van der Waals surface area contributed by atoms with Crippen molar-refractivity contribution in [3.8, 4) is 22.8 Å². The van der Waals surface area contributed by atoms with Gasteiger partial charge in [0, 0.05) is 34.2 Å². The van der Waals surface area contributed by atoms with Gasteiger partial charge in [-0.25, -0.2) is 0 Å². The Hall–Kier alpha value is -3.64. The second-order valence-corrected chi connectivity index (χ2v) is 8.93. The van der Waals surface area contributed by atoms with Gasteiger partial charge in [0.1, 0.15) is 0 Å². The third kappa shape index (κ3) is 5.46. The van der Waals surface area contributed by atoms with Gasteiger partial charge in [-0.1, -0.05) is 54.1 Å². The van der Waals surface area contributed by atoms with E-state index in [1.807, 2.05) is 24.3 Å².